The van der Waals surface area contributed by atoms with E-state index in [9.17, 15) is 14.4 Å². The second-order valence-electron chi connectivity index (χ2n) is 10.7. The van der Waals surface area contributed by atoms with Crippen LogP contribution in [0.2, 0.25) is 5.02 Å². The van der Waals surface area contributed by atoms with Gasteiger partial charge in [-0.3, -0.25) is 19.4 Å². The van der Waals surface area contributed by atoms with Gasteiger partial charge in [0.05, 0.1) is 65.1 Å². The monoisotopic (exact) mass is 588 g/mol. The van der Waals surface area contributed by atoms with Crippen molar-refractivity contribution in [2.24, 2.45) is 0 Å². The van der Waals surface area contributed by atoms with E-state index in [0.29, 0.717) is 26.8 Å². The van der Waals surface area contributed by atoms with Crippen molar-refractivity contribution < 1.29 is 28.3 Å². The second-order valence-corrected chi connectivity index (χ2v) is 11.1. The van der Waals surface area contributed by atoms with Gasteiger partial charge in [-0.2, -0.15) is 0 Å². The lowest BCUT2D eigenvalue weighted by Crippen LogP contribution is -2.69. The number of carbonyl (C=O) groups is 3. The van der Waals surface area contributed by atoms with Gasteiger partial charge in [-0.1, -0.05) is 22.1 Å². The van der Waals surface area contributed by atoms with Crippen molar-refractivity contribution in [1.82, 2.24) is 20.1 Å². The topological polar surface area (TPSA) is 114 Å². The van der Waals surface area contributed by atoms with Gasteiger partial charge in [-0.25, -0.2) is 0 Å². The minimum Gasteiger partial charge on any atom is -0.489 e. The van der Waals surface area contributed by atoms with Crippen molar-refractivity contribution >= 4 is 87.4 Å². The predicted octanol–water partition coefficient (Wildman–Crippen LogP) is 0.240. The number of fused-ring (bicyclic) bond motifs is 3. The number of rotatable bonds is 9. The van der Waals surface area contributed by atoms with Crippen molar-refractivity contribution in [2.75, 3.05) is 13.2 Å². The first-order valence-corrected chi connectivity index (χ1v) is 13.4. The fourth-order valence-electron chi connectivity index (χ4n) is 4.65. The van der Waals surface area contributed by atoms with Gasteiger partial charge in [0.1, 0.15) is 30.2 Å². The van der Waals surface area contributed by atoms with Crippen LogP contribution >= 0.6 is 11.6 Å². The number of nitrogens with zero attached hydrogens (tertiary/aromatic N) is 3. The first-order valence-electron chi connectivity index (χ1n) is 13.1. The largest absolute Gasteiger partial charge is 0.489 e. The molecule has 10 nitrogen and oxygen atoms in total. The van der Waals surface area contributed by atoms with Crippen LogP contribution in [0.25, 0.3) is 11.0 Å². The van der Waals surface area contributed by atoms with Gasteiger partial charge in [0.15, 0.2) is 11.3 Å². The van der Waals surface area contributed by atoms with Gasteiger partial charge in [0.2, 0.25) is 17.6 Å². The Kier molecular flexibility index (Phi) is 9.03. The molecule has 12 radical (unpaired) electrons. The van der Waals surface area contributed by atoms with E-state index in [1.165, 1.54) is 6.92 Å². The molecule has 1 aliphatic heterocycles. The number of hydrogen-bond acceptors (Lipinski definition) is 7. The summed E-state index contributed by atoms with van der Waals surface area (Å²) in [4.78, 5) is 47.1. The molecule has 0 spiro atoms. The van der Waals surface area contributed by atoms with Crippen LogP contribution in [0, 0.1) is 0 Å². The average molecular weight is 588 g/mol. The fraction of sp³-hybridized carbons (Fsp3) is 0.385. The number of carbonyl (C=O) groups excluding carboxylic acids is 3. The molecule has 0 saturated heterocycles. The average Bonchev–Trinajstić information content (AvgIpc) is 3.20. The highest BCUT2D eigenvalue weighted by Gasteiger charge is 2.49. The molecule has 1 aliphatic rings. The first kappa shape index (κ1) is 32.5. The molecule has 0 saturated carbocycles. The third kappa shape index (κ3) is 6.74. The summed E-state index contributed by atoms with van der Waals surface area (Å²) in [5.41, 5.74) is -1.14. The number of aromatic nitrogens is 1. The van der Waals surface area contributed by atoms with E-state index in [0.717, 1.165) is 4.90 Å². The Bertz CT molecular complexity index is 1550. The molecule has 208 valence electrons. The normalized spacial score (nSPS) is 17.2. The summed E-state index contributed by atoms with van der Waals surface area (Å²) < 4.78 is 17.6. The van der Waals surface area contributed by atoms with Crippen molar-refractivity contribution in [3.8, 4) is 11.5 Å². The van der Waals surface area contributed by atoms with Crippen LogP contribution in [-0.4, -0.2) is 115 Å². The van der Waals surface area contributed by atoms with Crippen LogP contribution in [0.5, 0.6) is 11.5 Å². The van der Waals surface area contributed by atoms with Gasteiger partial charge < -0.3 is 29.0 Å². The third-order valence-electron chi connectivity index (χ3n) is 6.57. The zero-order chi connectivity index (χ0) is 31.9. The van der Waals surface area contributed by atoms with Crippen LogP contribution in [0.1, 0.15) is 37.0 Å². The van der Waals surface area contributed by atoms with Crippen molar-refractivity contribution in [1.29, 1.82) is 0 Å². The number of halogens is 1. The Morgan fingerprint density at radius 3 is 2.49 bits per heavy atom. The van der Waals surface area contributed by atoms with E-state index in [1.54, 1.807) is 36.5 Å². The zero-order valence-corrected chi connectivity index (χ0v) is 24.6. The molecule has 3 heterocycles. The molecule has 1 atom stereocenters. The van der Waals surface area contributed by atoms with E-state index in [1.807, 2.05) is 13.8 Å². The second kappa shape index (κ2) is 11.9. The van der Waals surface area contributed by atoms with Crippen LogP contribution in [0.4, 0.5) is 0 Å². The zero-order valence-electron chi connectivity index (χ0n) is 23.8. The predicted molar refractivity (Wildman–Crippen MR) is 165 cm³/mol. The number of nitrogens with one attached hydrogen (secondary N) is 1. The highest BCUT2D eigenvalue weighted by atomic mass is 35.5. The standard InChI is InChI=1S/C26H23B6ClN4O6/c1-13(2)42-18-5-4-8-34-16(18)10-35-23(40)24(3)12-41-20-15-9-14(33)6-7-17(15)43-21(20)22(39)36(24)11-19(38)37(25(27,28)29)26(30,31)32/h4-9,13H,10-12H2,1-3H3,(H,35,40). The summed E-state index contributed by atoms with van der Waals surface area (Å²) in [6.07, 6.45) is 1.39. The Morgan fingerprint density at radius 1 is 1.19 bits per heavy atom. The van der Waals surface area contributed by atoms with E-state index in [4.69, 9.17) is 72.6 Å². The number of pyridine rings is 1. The van der Waals surface area contributed by atoms with Crippen molar-refractivity contribution in [2.45, 2.75) is 49.4 Å². The molecular weight excluding hydrogens is 565 g/mol. The SMILES string of the molecule is [B]C([B])([B])N(C(=O)CN1C(=O)c2oc3ccc(Cl)cc3c2OCC1(C)C(=O)NCc1ncccc1OC(C)C)C([B])([B])[B]. The summed E-state index contributed by atoms with van der Waals surface area (Å²) in [5, 5.41) is -1.39. The van der Waals surface area contributed by atoms with Crippen LogP contribution in [0.15, 0.2) is 40.9 Å². The third-order valence-corrected chi connectivity index (χ3v) is 6.81. The number of hydrogen-bond donors (Lipinski definition) is 1. The summed E-state index contributed by atoms with van der Waals surface area (Å²) in [5.74, 6) is -2.48. The number of furan rings is 1. The van der Waals surface area contributed by atoms with Crippen LogP contribution < -0.4 is 14.8 Å². The molecule has 17 heteroatoms. The van der Waals surface area contributed by atoms with Gasteiger partial charge in [-0.05, 0) is 51.1 Å². The van der Waals surface area contributed by atoms with E-state index in [-0.39, 0.29) is 29.7 Å². The lowest BCUT2D eigenvalue weighted by molar-refractivity contribution is -0.138. The Morgan fingerprint density at radius 2 is 1.86 bits per heavy atom. The molecule has 43 heavy (non-hydrogen) atoms. The summed E-state index contributed by atoms with van der Waals surface area (Å²) in [7, 11) is 34.4. The smallest absolute Gasteiger partial charge is 0.295 e. The highest BCUT2D eigenvalue weighted by molar-refractivity contribution is 6.64. The lowest BCUT2D eigenvalue weighted by atomic mass is 9.40. The quantitative estimate of drug-likeness (QED) is 0.357. The minimum atomic E-state index is -2.44. The molecule has 0 aliphatic carbocycles. The molecular formula is C26H23B6ClN4O6. The van der Waals surface area contributed by atoms with E-state index in [2.05, 4.69) is 10.3 Å². The number of amides is 3. The van der Waals surface area contributed by atoms with Crippen LogP contribution in [0.3, 0.4) is 0 Å². The first-order chi connectivity index (χ1) is 19.9. The summed E-state index contributed by atoms with van der Waals surface area (Å²) >= 11 is 6.17. The lowest BCUT2D eigenvalue weighted by Gasteiger charge is -2.50. The maximum atomic E-state index is 14.1. The molecule has 4 rings (SSSR count). The summed E-state index contributed by atoms with van der Waals surface area (Å²) in [6, 6.07) is 8.06. The van der Waals surface area contributed by atoms with Gasteiger partial charge in [-0.15, -0.1) is 0 Å². The number of benzene rings is 1. The highest BCUT2D eigenvalue weighted by Crippen LogP contribution is 2.39. The van der Waals surface area contributed by atoms with E-state index >= 15 is 0 Å². The fourth-order valence-corrected chi connectivity index (χ4v) is 4.82. The minimum absolute atomic E-state index is 0.0299. The van der Waals surface area contributed by atoms with Crippen LogP contribution in [-0.2, 0) is 16.1 Å². The van der Waals surface area contributed by atoms with Gasteiger partial charge in [0, 0.05) is 11.2 Å². The molecule has 1 unspecified atom stereocenters. The molecule has 3 aromatic rings. The molecule has 1 aromatic carbocycles. The maximum absolute atomic E-state index is 14.1. The molecule has 0 fully saturated rings. The Hall–Kier alpha value is -3.40. The molecule has 3 amide bonds. The molecule has 1 N–H and O–H groups in total. The van der Waals surface area contributed by atoms with Crippen molar-refractivity contribution in [3.05, 3.63) is 53.0 Å². The maximum Gasteiger partial charge on any atom is 0.295 e. The molecule has 0 bridgehead atoms. The Balaban J connectivity index is 1.74. The van der Waals surface area contributed by atoms with E-state index < -0.39 is 46.9 Å². The van der Waals surface area contributed by atoms with Crippen molar-refractivity contribution in [3.63, 3.8) is 0 Å². The Labute approximate surface area is 262 Å². The number of ether oxygens (including phenoxy) is 2. The van der Waals surface area contributed by atoms with Gasteiger partial charge in [0.25, 0.3) is 5.91 Å². The summed E-state index contributed by atoms with van der Waals surface area (Å²) in [6.45, 7) is 3.71. The molecule has 2 aromatic heterocycles. The van der Waals surface area contributed by atoms with Gasteiger partial charge >= 0.3 is 0 Å².